The van der Waals surface area contributed by atoms with Gasteiger partial charge in [-0.15, -0.1) is 0 Å². The predicted octanol–water partition coefficient (Wildman–Crippen LogP) is 3.17. The number of rotatable bonds is 9. The van der Waals surface area contributed by atoms with Crippen LogP contribution in [0.25, 0.3) is 0 Å². The van der Waals surface area contributed by atoms with Crippen LogP contribution in [-0.4, -0.2) is 55.6 Å². The summed E-state index contributed by atoms with van der Waals surface area (Å²) >= 11 is 0. The first-order chi connectivity index (χ1) is 14.3. The first-order valence-corrected chi connectivity index (χ1v) is 10.1. The lowest BCUT2D eigenvalue weighted by Gasteiger charge is -2.22. The van der Waals surface area contributed by atoms with Crippen molar-refractivity contribution < 1.29 is 14.2 Å². The zero-order chi connectivity index (χ0) is 22.3. The van der Waals surface area contributed by atoms with Gasteiger partial charge in [-0.1, -0.05) is 13.8 Å². The monoisotopic (exact) mass is 417 g/mol. The van der Waals surface area contributed by atoms with Gasteiger partial charge in [0, 0.05) is 50.6 Å². The van der Waals surface area contributed by atoms with Gasteiger partial charge in [0.25, 0.3) is 0 Å². The second-order valence-corrected chi connectivity index (χ2v) is 7.41. The van der Waals surface area contributed by atoms with Gasteiger partial charge in [0.2, 0.25) is 0 Å². The van der Waals surface area contributed by atoms with Crippen LogP contribution in [0.2, 0.25) is 0 Å². The van der Waals surface area contributed by atoms with Crippen LogP contribution in [0.15, 0.2) is 23.3 Å². The van der Waals surface area contributed by atoms with Gasteiger partial charge in [0.15, 0.2) is 17.5 Å². The fourth-order valence-electron chi connectivity index (χ4n) is 3.34. The van der Waals surface area contributed by atoms with Gasteiger partial charge < -0.3 is 24.4 Å². The molecule has 0 unspecified atom stereocenters. The summed E-state index contributed by atoms with van der Waals surface area (Å²) in [6.07, 6.45) is 2.08. The molecule has 1 heterocycles. The van der Waals surface area contributed by atoms with E-state index >= 15 is 0 Å². The third kappa shape index (κ3) is 5.58. The lowest BCUT2D eigenvalue weighted by Crippen LogP contribution is -2.38. The highest BCUT2D eigenvalue weighted by Crippen LogP contribution is 2.35. The van der Waals surface area contributed by atoms with E-state index in [1.54, 1.807) is 21.3 Å². The maximum absolute atomic E-state index is 5.53. The van der Waals surface area contributed by atoms with Crippen LogP contribution < -0.4 is 19.5 Å². The van der Waals surface area contributed by atoms with Crippen molar-refractivity contribution >= 4 is 5.96 Å². The molecular formula is C22H35N5O3. The molecule has 8 heteroatoms. The number of aryl methyl sites for hydroxylation is 1. The number of guanidine groups is 1. The molecule has 0 bridgehead atoms. The second-order valence-electron chi connectivity index (χ2n) is 7.41. The Morgan fingerprint density at radius 3 is 2.30 bits per heavy atom. The zero-order valence-corrected chi connectivity index (χ0v) is 19.4. The average Bonchev–Trinajstić information content (AvgIpc) is 3.10. The minimum Gasteiger partial charge on any atom is -0.496 e. The van der Waals surface area contributed by atoms with E-state index in [0.29, 0.717) is 29.7 Å². The SMILES string of the molecule is CCNC(=NCc1cc(OC)c(OC)cc1OC)N(C)Cc1cn(C)nc1C(C)C. The van der Waals surface area contributed by atoms with Crippen LogP contribution in [0, 0.1) is 0 Å². The molecule has 2 rings (SSSR count). The maximum atomic E-state index is 5.53. The molecule has 1 aromatic carbocycles. The van der Waals surface area contributed by atoms with Gasteiger partial charge in [-0.2, -0.15) is 5.10 Å². The molecule has 0 atom stereocenters. The van der Waals surface area contributed by atoms with E-state index in [0.717, 1.165) is 30.3 Å². The number of aliphatic imine (C=N–C) groups is 1. The molecule has 166 valence electrons. The maximum Gasteiger partial charge on any atom is 0.194 e. The zero-order valence-electron chi connectivity index (χ0n) is 19.4. The van der Waals surface area contributed by atoms with E-state index in [4.69, 9.17) is 19.2 Å². The summed E-state index contributed by atoms with van der Waals surface area (Å²) in [4.78, 5) is 6.94. The van der Waals surface area contributed by atoms with E-state index in [9.17, 15) is 0 Å². The first kappa shape index (κ1) is 23.4. The molecule has 0 saturated carbocycles. The van der Waals surface area contributed by atoms with Gasteiger partial charge >= 0.3 is 0 Å². The van der Waals surface area contributed by atoms with Crippen molar-refractivity contribution in [1.82, 2.24) is 20.0 Å². The summed E-state index contributed by atoms with van der Waals surface area (Å²) in [5.74, 6) is 3.17. The van der Waals surface area contributed by atoms with Crippen LogP contribution in [0.4, 0.5) is 0 Å². The number of aromatic nitrogens is 2. The molecule has 0 aliphatic carbocycles. The molecule has 0 saturated heterocycles. The summed E-state index contributed by atoms with van der Waals surface area (Å²) in [7, 11) is 8.86. The fourth-order valence-corrected chi connectivity index (χ4v) is 3.34. The largest absolute Gasteiger partial charge is 0.496 e. The van der Waals surface area contributed by atoms with Gasteiger partial charge in [0.05, 0.1) is 33.6 Å². The molecule has 8 nitrogen and oxygen atoms in total. The Kier molecular flexibility index (Phi) is 8.38. The molecule has 0 aliphatic rings. The summed E-state index contributed by atoms with van der Waals surface area (Å²) in [5.41, 5.74) is 3.23. The van der Waals surface area contributed by atoms with E-state index in [1.807, 2.05) is 30.9 Å². The molecule has 0 aliphatic heterocycles. The topological polar surface area (TPSA) is 73.1 Å². The lowest BCUT2D eigenvalue weighted by atomic mass is 10.1. The molecule has 30 heavy (non-hydrogen) atoms. The Balaban J connectivity index is 2.28. The van der Waals surface area contributed by atoms with Crippen LogP contribution >= 0.6 is 0 Å². The second kappa shape index (κ2) is 10.8. The Bertz CT molecular complexity index is 861. The van der Waals surface area contributed by atoms with Crippen LogP contribution in [-0.2, 0) is 20.1 Å². The summed E-state index contributed by atoms with van der Waals surface area (Å²) in [6, 6.07) is 3.73. The third-order valence-corrected chi connectivity index (χ3v) is 4.77. The van der Waals surface area contributed by atoms with Gasteiger partial charge in [-0.3, -0.25) is 4.68 Å². The Morgan fingerprint density at radius 1 is 1.10 bits per heavy atom. The summed E-state index contributed by atoms with van der Waals surface area (Å²) in [5, 5.41) is 7.98. The van der Waals surface area contributed by atoms with E-state index in [-0.39, 0.29) is 0 Å². The molecule has 2 aromatic rings. The van der Waals surface area contributed by atoms with Crippen molar-refractivity contribution in [2.75, 3.05) is 34.9 Å². The normalized spacial score (nSPS) is 11.6. The average molecular weight is 418 g/mol. The highest BCUT2D eigenvalue weighted by molar-refractivity contribution is 5.79. The van der Waals surface area contributed by atoms with Crippen LogP contribution in [0.1, 0.15) is 43.5 Å². The van der Waals surface area contributed by atoms with E-state index in [2.05, 4.69) is 42.3 Å². The molecule has 1 N–H and O–H groups in total. The van der Waals surface area contributed by atoms with E-state index < -0.39 is 0 Å². The lowest BCUT2D eigenvalue weighted by molar-refractivity contribution is 0.347. The minimum absolute atomic E-state index is 0.366. The van der Waals surface area contributed by atoms with Gasteiger partial charge in [-0.05, 0) is 18.9 Å². The smallest absolute Gasteiger partial charge is 0.194 e. The summed E-state index contributed by atoms with van der Waals surface area (Å²) < 4.78 is 18.2. The molecule has 0 fully saturated rings. The highest BCUT2D eigenvalue weighted by Gasteiger charge is 2.16. The number of benzene rings is 1. The van der Waals surface area contributed by atoms with Crippen molar-refractivity contribution in [3.8, 4) is 17.2 Å². The first-order valence-electron chi connectivity index (χ1n) is 10.1. The molecule has 0 spiro atoms. The van der Waals surface area contributed by atoms with E-state index in [1.165, 1.54) is 5.56 Å². The minimum atomic E-state index is 0.366. The number of hydrogen-bond acceptors (Lipinski definition) is 5. The third-order valence-electron chi connectivity index (χ3n) is 4.77. The molecular weight excluding hydrogens is 382 g/mol. The highest BCUT2D eigenvalue weighted by atomic mass is 16.5. The molecule has 0 amide bonds. The number of nitrogens with zero attached hydrogens (tertiary/aromatic N) is 4. The number of nitrogens with one attached hydrogen (secondary N) is 1. The van der Waals surface area contributed by atoms with Crippen molar-refractivity contribution in [1.29, 1.82) is 0 Å². The van der Waals surface area contributed by atoms with Gasteiger partial charge in [0.1, 0.15) is 5.75 Å². The van der Waals surface area contributed by atoms with Crippen molar-refractivity contribution in [2.45, 2.75) is 39.8 Å². The number of ether oxygens (including phenoxy) is 3. The quantitative estimate of drug-likeness (QED) is 0.499. The standard InChI is InChI=1S/C22H35N5O3/c1-9-23-22(26(4)13-17-14-27(5)25-21(17)15(2)3)24-12-16-10-19(29-7)20(30-8)11-18(16)28-6/h10-11,14-15H,9,12-13H2,1-8H3,(H,23,24). The summed E-state index contributed by atoms with van der Waals surface area (Å²) in [6.45, 7) is 8.32. The fraction of sp³-hybridized carbons (Fsp3) is 0.545. The number of methoxy groups -OCH3 is 3. The van der Waals surface area contributed by atoms with Gasteiger partial charge in [-0.25, -0.2) is 4.99 Å². The number of hydrogen-bond donors (Lipinski definition) is 1. The Hall–Kier alpha value is -2.90. The Morgan fingerprint density at radius 2 is 1.73 bits per heavy atom. The van der Waals surface area contributed by atoms with Crippen molar-refractivity contribution in [3.05, 3.63) is 35.2 Å². The van der Waals surface area contributed by atoms with Crippen LogP contribution in [0.5, 0.6) is 17.2 Å². The predicted molar refractivity (Wildman–Crippen MR) is 120 cm³/mol. The van der Waals surface area contributed by atoms with Crippen molar-refractivity contribution in [3.63, 3.8) is 0 Å². The Labute approximate surface area is 179 Å². The molecule has 1 aromatic heterocycles. The van der Waals surface area contributed by atoms with Crippen molar-refractivity contribution in [2.24, 2.45) is 12.0 Å². The molecule has 0 radical (unpaired) electrons. The van der Waals surface area contributed by atoms with Crippen LogP contribution in [0.3, 0.4) is 0 Å².